The SMILES string of the molecule is CCC1CCc2c(nnn2C)C(F)(F)CC1. The van der Waals surface area contributed by atoms with E-state index in [0.29, 0.717) is 24.5 Å². The Kier molecular flexibility index (Phi) is 2.95. The van der Waals surface area contributed by atoms with E-state index in [-0.39, 0.29) is 12.1 Å². The molecular formula is C11H17F2N3. The lowest BCUT2D eigenvalue weighted by molar-refractivity contribution is -0.0270. The summed E-state index contributed by atoms with van der Waals surface area (Å²) in [5.74, 6) is -2.41. The van der Waals surface area contributed by atoms with E-state index in [9.17, 15) is 8.78 Å². The quantitative estimate of drug-likeness (QED) is 0.741. The van der Waals surface area contributed by atoms with Crippen molar-refractivity contribution in [2.24, 2.45) is 13.0 Å². The highest BCUT2D eigenvalue weighted by molar-refractivity contribution is 5.17. The molecule has 0 N–H and O–H groups in total. The van der Waals surface area contributed by atoms with Gasteiger partial charge in [0.1, 0.15) is 0 Å². The van der Waals surface area contributed by atoms with Gasteiger partial charge in [-0.05, 0) is 25.2 Å². The van der Waals surface area contributed by atoms with Crippen molar-refractivity contribution in [3.05, 3.63) is 11.4 Å². The van der Waals surface area contributed by atoms with E-state index < -0.39 is 5.92 Å². The van der Waals surface area contributed by atoms with E-state index in [1.807, 2.05) is 0 Å². The second-order valence-electron chi connectivity index (χ2n) is 4.56. The normalized spacial score (nSPS) is 24.6. The van der Waals surface area contributed by atoms with Crippen LogP contribution in [0.1, 0.15) is 44.0 Å². The highest BCUT2D eigenvalue weighted by atomic mass is 19.3. The van der Waals surface area contributed by atoms with Crippen molar-refractivity contribution >= 4 is 0 Å². The number of hydrogen-bond acceptors (Lipinski definition) is 2. The zero-order valence-corrected chi connectivity index (χ0v) is 9.71. The van der Waals surface area contributed by atoms with Crippen molar-refractivity contribution in [1.29, 1.82) is 0 Å². The number of aromatic nitrogens is 3. The molecule has 1 aromatic rings. The van der Waals surface area contributed by atoms with Crippen molar-refractivity contribution < 1.29 is 8.78 Å². The molecule has 0 aliphatic heterocycles. The summed E-state index contributed by atoms with van der Waals surface area (Å²) >= 11 is 0. The van der Waals surface area contributed by atoms with Crippen LogP contribution in [0.25, 0.3) is 0 Å². The Labute approximate surface area is 93.8 Å². The summed E-state index contributed by atoms with van der Waals surface area (Å²) in [6, 6.07) is 0. The van der Waals surface area contributed by atoms with E-state index in [4.69, 9.17) is 0 Å². The lowest BCUT2D eigenvalue weighted by Gasteiger charge is -2.23. The Morgan fingerprint density at radius 3 is 2.88 bits per heavy atom. The molecule has 90 valence electrons. The van der Waals surface area contributed by atoms with Crippen molar-refractivity contribution in [1.82, 2.24) is 15.0 Å². The van der Waals surface area contributed by atoms with Crippen LogP contribution in [0.4, 0.5) is 8.78 Å². The van der Waals surface area contributed by atoms with Gasteiger partial charge in [-0.1, -0.05) is 18.6 Å². The zero-order chi connectivity index (χ0) is 11.8. The first-order chi connectivity index (χ1) is 7.54. The van der Waals surface area contributed by atoms with Crippen molar-refractivity contribution in [2.75, 3.05) is 0 Å². The van der Waals surface area contributed by atoms with Crippen LogP contribution in [0.2, 0.25) is 0 Å². The van der Waals surface area contributed by atoms with Gasteiger partial charge in [-0.3, -0.25) is 4.68 Å². The smallest absolute Gasteiger partial charge is 0.252 e. The number of alkyl halides is 2. The van der Waals surface area contributed by atoms with E-state index in [1.54, 1.807) is 7.05 Å². The van der Waals surface area contributed by atoms with Crippen molar-refractivity contribution in [3.8, 4) is 0 Å². The molecule has 0 amide bonds. The summed E-state index contributed by atoms with van der Waals surface area (Å²) < 4.78 is 29.2. The summed E-state index contributed by atoms with van der Waals surface area (Å²) in [6.07, 6.45) is 3.07. The minimum Gasteiger partial charge on any atom is -0.252 e. The number of fused-ring (bicyclic) bond motifs is 1. The van der Waals surface area contributed by atoms with Crippen LogP contribution in [0, 0.1) is 5.92 Å². The molecule has 1 aliphatic carbocycles. The Hall–Kier alpha value is -1.00. The van der Waals surface area contributed by atoms with Gasteiger partial charge in [0.25, 0.3) is 5.92 Å². The first kappa shape index (κ1) is 11.5. The molecule has 1 aromatic heterocycles. The molecule has 0 saturated carbocycles. The van der Waals surface area contributed by atoms with Gasteiger partial charge in [0.05, 0.1) is 5.69 Å². The summed E-state index contributed by atoms with van der Waals surface area (Å²) in [7, 11) is 1.68. The maximum atomic E-state index is 13.8. The third-order valence-electron chi connectivity index (χ3n) is 3.52. The third-order valence-corrected chi connectivity index (χ3v) is 3.52. The average Bonchev–Trinajstić information content (AvgIpc) is 2.59. The molecule has 0 fully saturated rings. The van der Waals surface area contributed by atoms with Gasteiger partial charge in [0.2, 0.25) is 0 Å². The predicted molar refractivity (Wildman–Crippen MR) is 56.2 cm³/mol. The molecule has 0 bridgehead atoms. The number of rotatable bonds is 1. The predicted octanol–water partition coefficient (Wildman–Crippen LogP) is 2.66. The van der Waals surface area contributed by atoms with Crippen LogP contribution in [0.15, 0.2) is 0 Å². The minimum atomic E-state index is -2.81. The van der Waals surface area contributed by atoms with Gasteiger partial charge in [-0.2, -0.15) is 8.78 Å². The summed E-state index contributed by atoms with van der Waals surface area (Å²) in [4.78, 5) is 0. The third kappa shape index (κ3) is 1.95. The highest BCUT2D eigenvalue weighted by Gasteiger charge is 2.39. The minimum absolute atomic E-state index is 0.100. The van der Waals surface area contributed by atoms with Gasteiger partial charge in [-0.15, -0.1) is 5.10 Å². The van der Waals surface area contributed by atoms with E-state index >= 15 is 0 Å². The molecule has 1 heterocycles. The van der Waals surface area contributed by atoms with Crippen LogP contribution in [0.5, 0.6) is 0 Å². The number of aryl methyl sites for hydroxylation is 1. The fraction of sp³-hybridized carbons (Fsp3) is 0.818. The number of halogens is 2. The molecule has 16 heavy (non-hydrogen) atoms. The van der Waals surface area contributed by atoms with E-state index in [1.165, 1.54) is 4.68 Å². The second-order valence-corrected chi connectivity index (χ2v) is 4.56. The molecule has 0 spiro atoms. The van der Waals surface area contributed by atoms with Gasteiger partial charge >= 0.3 is 0 Å². The standard InChI is InChI=1S/C11H17F2N3/c1-3-8-4-5-9-10(14-15-16(9)2)11(12,13)7-6-8/h8H,3-7H2,1-2H3. The lowest BCUT2D eigenvalue weighted by Crippen LogP contribution is -2.21. The first-order valence-corrected chi connectivity index (χ1v) is 5.81. The van der Waals surface area contributed by atoms with Crippen LogP contribution in [0.3, 0.4) is 0 Å². The zero-order valence-electron chi connectivity index (χ0n) is 9.71. The summed E-state index contributed by atoms with van der Waals surface area (Å²) in [5.41, 5.74) is 0.493. The Bertz CT molecular complexity index is 373. The first-order valence-electron chi connectivity index (χ1n) is 5.81. The molecular weight excluding hydrogens is 212 g/mol. The van der Waals surface area contributed by atoms with Gasteiger partial charge < -0.3 is 0 Å². The second kappa shape index (κ2) is 4.11. The fourth-order valence-corrected chi connectivity index (χ4v) is 2.34. The molecule has 0 radical (unpaired) electrons. The molecule has 1 unspecified atom stereocenters. The monoisotopic (exact) mass is 229 g/mol. The molecule has 1 atom stereocenters. The molecule has 1 aliphatic rings. The molecule has 2 rings (SSSR count). The van der Waals surface area contributed by atoms with Gasteiger partial charge in [0.15, 0.2) is 5.69 Å². The number of nitrogens with zero attached hydrogens (tertiary/aromatic N) is 3. The van der Waals surface area contributed by atoms with Gasteiger partial charge in [-0.25, -0.2) is 0 Å². The van der Waals surface area contributed by atoms with Crippen LogP contribution in [-0.4, -0.2) is 15.0 Å². The summed E-state index contributed by atoms with van der Waals surface area (Å²) in [5, 5.41) is 7.34. The van der Waals surface area contributed by atoms with Gasteiger partial charge in [0, 0.05) is 13.5 Å². The maximum Gasteiger partial charge on any atom is 0.293 e. The Morgan fingerprint density at radius 1 is 1.44 bits per heavy atom. The maximum absolute atomic E-state index is 13.8. The van der Waals surface area contributed by atoms with Crippen molar-refractivity contribution in [3.63, 3.8) is 0 Å². The molecule has 5 heteroatoms. The fourth-order valence-electron chi connectivity index (χ4n) is 2.34. The Balaban J connectivity index is 2.34. The van der Waals surface area contributed by atoms with Crippen molar-refractivity contribution in [2.45, 2.75) is 45.0 Å². The lowest BCUT2D eigenvalue weighted by atomic mass is 9.88. The largest absolute Gasteiger partial charge is 0.293 e. The van der Waals surface area contributed by atoms with E-state index in [0.717, 1.165) is 12.8 Å². The average molecular weight is 229 g/mol. The Morgan fingerprint density at radius 2 is 2.19 bits per heavy atom. The molecule has 0 aromatic carbocycles. The van der Waals surface area contributed by atoms with Crippen LogP contribution in [-0.2, 0) is 19.4 Å². The van der Waals surface area contributed by atoms with Crippen LogP contribution >= 0.6 is 0 Å². The topological polar surface area (TPSA) is 30.7 Å². The number of hydrogen-bond donors (Lipinski definition) is 0. The van der Waals surface area contributed by atoms with E-state index in [2.05, 4.69) is 17.2 Å². The molecule has 3 nitrogen and oxygen atoms in total. The van der Waals surface area contributed by atoms with Crippen LogP contribution < -0.4 is 0 Å². The highest BCUT2D eigenvalue weighted by Crippen LogP contribution is 2.38. The molecule has 0 saturated heterocycles. The summed E-state index contributed by atoms with van der Waals surface area (Å²) in [6.45, 7) is 2.06.